The summed E-state index contributed by atoms with van der Waals surface area (Å²) in [5.41, 5.74) is 1.79. The maximum Gasteiger partial charge on any atom is 0.246 e. The van der Waals surface area contributed by atoms with Crippen molar-refractivity contribution in [1.82, 2.24) is 10.6 Å². The van der Waals surface area contributed by atoms with Crippen molar-refractivity contribution >= 4 is 29.1 Å². The molecule has 1 aromatic rings. The molecule has 2 N–H and O–H groups in total. The highest BCUT2D eigenvalue weighted by atomic mass is 35.5. The molecule has 0 radical (unpaired) electrons. The number of rotatable bonds is 4. The van der Waals surface area contributed by atoms with E-state index in [0.717, 1.165) is 17.8 Å². The number of benzene rings is 1. The van der Waals surface area contributed by atoms with E-state index in [1.807, 2.05) is 26.0 Å². The maximum absolute atomic E-state index is 11.4. The van der Waals surface area contributed by atoms with E-state index in [1.54, 1.807) is 11.0 Å². The van der Waals surface area contributed by atoms with Crippen molar-refractivity contribution in [1.29, 1.82) is 0 Å². The Kier molecular flexibility index (Phi) is 4.62. The molecule has 0 bridgehead atoms. The van der Waals surface area contributed by atoms with Gasteiger partial charge in [-0.1, -0.05) is 24.6 Å². The predicted molar refractivity (Wildman–Crippen MR) is 78.9 cm³/mol. The Labute approximate surface area is 123 Å². The minimum atomic E-state index is -0.289. The lowest BCUT2D eigenvalue weighted by Gasteiger charge is -2.28. The summed E-state index contributed by atoms with van der Waals surface area (Å²) in [6.07, 6.45) is 0. The summed E-state index contributed by atoms with van der Waals surface area (Å²) in [5.74, 6) is -0.579. The van der Waals surface area contributed by atoms with Crippen LogP contribution in [-0.4, -0.2) is 31.4 Å². The van der Waals surface area contributed by atoms with E-state index in [1.165, 1.54) is 0 Å². The Hall–Kier alpha value is -1.59. The highest BCUT2D eigenvalue weighted by Crippen LogP contribution is 2.28. The summed E-state index contributed by atoms with van der Waals surface area (Å²) in [5, 5.41) is 6.21. The zero-order valence-electron chi connectivity index (χ0n) is 11.6. The first-order valence-electron chi connectivity index (χ1n) is 6.61. The highest BCUT2D eigenvalue weighted by molar-refractivity contribution is 6.31. The van der Waals surface area contributed by atoms with Gasteiger partial charge in [-0.3, -0.25) is 14.9 Å². The van der Waals surface area contributed by atoms with E-state index in [9.17, 15) is 9.59 Å². The molecule has 1 aromatic carbocycles. The Bertz CT molecular complexity index is 517. The van der Waals surface area contributed by atoms with Crippen LogP contribution in [0, 0.1) is 0 Å². The Morgan fingerprint density at radius 2 is 2.00 bits per heavy atom. The third-order valence-electron chi connectivity index (χ3n) is 3.27. The number of piperazine rings is 1. The van der Waals surface area contributed by atoms with Crippen LogP contribution in [0.3, 0.4) is 0 Å². The molecule has 0 aliphatic carbocycles. The molecule has 6 heteroatoms. The second-order valence-corrected chi connectivity index (χ2v) is 5.22. The molecule has 5 nitrogen and oxygen atoms in total. The average Bonchev–Trinajstić information content (AvgIpc) is 2.37. The molecule has 108 valence electrons. The van der Waals surface area contributed by atoms with E-state index >= 15 is 0 Å². The number of nitrogens with one attached hydrogen (secondary N) is 2. The van der Waals surface area contributed by atoms with Crippen LogP contribution in [0.4, 0.5) is 5.69 Å². The van der Waals surface area contributed by atoms with Crippen LogP contribution >= 0.6 is 11.6 Å². The van der Waals surface area contributed by atoms with Gasteiger partial charge in [-0.15, -0.1) is 0 Å². The fraction of sp³-hybridized carbons (Fsp3) is 0.429. The fourth-order valence-corrected chi connectivity index (χ4v) is 2.64. The van der Waals surface area contributed by atoms with Gasteiger partial charge in [-0.2, -0.15) is 0 Å². The van der Waals surface area contributed by atoms with Gasteiger partial charge in [0.2, 0.25) is 11.8 Å². The van der Waals surface area contributed by atoms with Gasteiger partial charge < -0.3 is 10.2 Å². The molecule has 2 amide bonds. The smallest absolute Gasteiger partial charge is 0.246 e. The number of halogens is 1. The third-order valence-corrected chi connectivity index (χ3v) is 3.60. The molecular formula is C14H18ClN3O2. The normalized spacial score (nSPS) is 17.1. The molecule has 1 atom stereocenters. The standard InChI is InChI=1S/C14H18ClN3O2/c1-3-16-9(2)11-5-4-10(6-12(11)15)18-7-13(19)17-14(20)8-18/h4-6,9,16H,3,7-8H2,1-2H3,(H,17,19,20). The van der Waals surface area contributed by atoms with E-state index in [2.05, 4.69) is 10.6 Å². The van der Waals surface area contributed by atoms with Gasteiger partial charge in [-0.05, 0) is 31.2 Å². The van der Waals surface area contributed by atoms with Crippen LogP contribution in [0.5, 0.6) is 0 Å². The van der Waals surface area contributed by atoms with Crippen molar-refractivity contribution in [3.63, 3.8) is 0 Å². The maximum atomic E-state index is 11.4. The summed E-state index contributed by atoms with van der Waals surface area (Å²) in [4.78, 5) is 24.5. The molecule has 1 aliphatic heterocycles. The van der Waals surface area contributed by atoms with Gasteiger partial charge in [0.25, 0.3) is 0 Å². The van der Waals surface area contributed by atoms with Crippen molar-refractivity contribution in [2.75, 3.05) is 24.5 Å². The van der Waals surface area contributed by atoms with Crippen LogP contribution in [0.25, 0.3) is 0 Å². The van der Waals surface area contributed by atoms with Gasteiger partial charge in [0.1, 0.15) is 0 Å². The topological polar surface area (TPSA) is 61.4 Å². The molecule has 0 spiro atoms. The Balaban J connectivity index is 2.20. The molecule has 1 unspecified atom stereocenters. The lowest BCUT2D eigenvalue weighted by Crippen LogP contribution is -2.51. The highest BCUT2D eigenvalue weighted by Gasteiger charge is 2.23. The second-order valence-electron chi connectivity index (χ2n) is 4.81. The number of carbonyl (C=O) groups excluding carboxylic acids is 2. The zero-order chi connectivity index (χ0) is 14.7. The second kappa shape index (κ2) is 6.24. The number of anilines is 1. The first kappa shape index (κ1) is 14.8. The van der Waals surface area contributed by atoms with Gasteiger partial charge in [0, 0.05) is 16.8 Å². The van der Waals surface area contributed by atoms with Crippen molar-refractivity contribution < 1.29 is 9.59 Å². The largest absolute Gasteiger partial charge is 0.353 e. The number of amides is 2. The lowest BCUT2D eigenvalue weighted by molar-refractivity contribution is -0.130. The quantitative estimate of drug-likeness (QED) is 0.826. The third kappa shape index (κ3) is 3.29. The number of hydrogen-bond donors (Lipinski definition) is 2. The van der Waals surface area contributed by atoms with Crippen molar-refractivity contribution in [2.45, 2.75) is 19.9 Å². The summed E-state index contributed by atoms with van der Waals surface area (Å²) in [6.45, 7) is 5.29. The van der Waals surface area contributed by atoms with E-state index < -0.39 is 0 Å². The van der Waals surface area contributed by atoms with Crippen LogP contribution in [-0.2, 0) is 9.59 Å². The molecule has 1 saturated heterocycles. The number of hydrogen-bond acceptors (Lipinski definition) is 4. The summed E-state index contributed by atoms with van der Waals surface area (Å²) in [7, 11) is 0. The number of nitrogens with zero attached hydrogens (tertiary/aromatic N) is 1. The molecule has 2 rings (SSSR count). The fourth-order valence-electron chi connectivity index (χ4n) is 2.30. The SMILES string of the molecule is CCNC(C)c1ccc(N2CC(=O)NC(=O)C2)cc1Cl. The Morgan fingerprint density at radius 1 is 1.35 bits per heavy atom. The molecule has 0 aromatic heterocycles. The van der Waals surface area contributed by atoms with Gasteiger partial charge in [-0.25, -0.2) is 0 Å². The molecule has 20 heavy (non-hydrogen) atoms. The van der Waals surface area contributed by atoms with Crippen LogP contribution in [0.2, 0.25) is 5.02 Å². The van der Waals surface area contributed by atoms with Gasteiger partial charge in [0.05, 0.1) is 13.1 Å². The zero-order valence-corrected chi connectivity index (χ0v) is 12.3. The van der Waals surface area contributed by atoms with Crippen molar-refractivity contribution in [2.24, 2.45) is 0 Å². The first-order chi connectivity index (χ1) is 9.51. The van der Waals surface area contributed by atoms with Crippen molar-refractivity contribution in [3.8, 4) is 0 Å². The first-order valence-corrected chi connectivity index (χ1v) is 6.99. The molecule has 1 heterocycles. The lowest BCUT2D eigenvalue weighted by atomic mass is 10.1. The summed E-state index contributed by atoms with van der Waals surface area (Å²) >= 11 is 6.30. The van der Waals surface area contributed by atoms with Crippen LogP contribution < -0.4 is 15.5 Å². The Morgan fingerprint density at radius 3 is 2.55 bits per heavy atom. The van der Waals surface area contributed by atoms with E-state index in [0.29, 0.717) is 5.02 Å². The van der Waals surface area contributed by atoms with E-state index in [4.69, 9.17) is 11.6 Å². The van der Waals surface area contributed by atoms with Crippen LogP contribution in [0.1, 0.15) is 25.5 Å². The van der Waals surface area contributed by atoms with E-state index in [-0.39, 0.29) is 30.9 Å². The van der Waals surface area contributed by atoms with Gasteiger partial charge in [0.15, 0.2) is 0 Å². The minimum absolute atomic E-state index is 0.160. The molecule has 1 fully saturated rings. The van der Waals surface area contributed by atoms with Crippen molar-refractivity contribution in [3.05, 3.63) is 28.8 Å². The molecule has 1 aliphatic rings. The monoisotopic (exact) mass is 295 g/mol. The summed E-state index contributed by atoms with van der Waals surface area (Å²) < 4.78 is 0. The molecule has 0 saturated carbocycles. The minimum Gasteiger partial charge on any atom is -0.353 e. The number of carbonyl (C=O) groups is 2. The number of imide groups is 1. The van der Waals surface area contributed by atoms with Gasteiger partial charge >= 0.3 is 0 Å². The van der Waals surface area contributed by atoms with Crippen LogP contribution in [0.15, 0.2) is 18.2 Å². The predicted octanol–water partition coefficient (Wildman–Crippen LogP) is 1.47. The average molecular weight is 296 g/mol. The molecular weight excluding hydrogens is 278 g/mol. The summed E-state index contributed by atoms with van der Waals surface area (Å²) in [6, 6.07) is 5.78.